The van der Waals surface area contributed by atoms with E-state index in [1.165, 1.54) is 35.6 Å². The number of rotatable bonds is 7. The first-order valence-corrected chi connectivity index (χ1v) is 9.28. The summed E-state index contributed by atoms with van der Waals surface area (Å²) in [5.41, 5.74) is 1.30. The highest BCUT2D eigenvalue weighted by Gasteiger charge is 2.20. The van der Waals surface area contributed by atoms with Gasteiger partial charge in [-0.2, -0.15) is 0 Å². The number of aryl methyl sites for hydroxylation is 1. The largest absolute Gasteiger partial charge is 0.477 e. The molecule has 0 saturated heterocycles. The Labute approximate surface area is 164 Å². The summed E-state index contributed by atoms with van der Waals surface area (Å²) in [4.78, 5) is 23.9. The van der Waals surface area contributed by atoms with Gasteiger partial charge in [-0.15, -0.1) is 11.3 Å². The van der Waals surface area contributed by atoms with Crippen LogP contribution in [0.1, 0.15) is 22.0 Å². The minimum Gasteiger partial charge on any atom is -0.477 e. The minimum absolute atomic E-state index is 0.0367. The van der Waals surface area contributed by atoms with E-state index < -0.39 is 16.9 Å². The number of halogens is 1. The van der Waals surface area contributed by atoms with Crippen molar-refractivity contribution in [3.05, 3.63) is 91.9 Å². The molecule has 0 aliphatic heterocycles. The summed E-state index contributed by atoms with van der Waals surface area (Å²) in [6, 6.07) is 13.6. The molecule has 1 aromatic heterocycles. The van der Waals surface area contributed by atoms with E-state index in [2.05, 4.69) is 5.32 Å². The molecule has 28 heavy (non-hydrogen) atoms. The van der Waals surface area contributed by atoms with E-state index in [0.29, 0.717) is 0 Å². The quantitative estimate of drug-likeness (QED) is 0.471. The van der Waals surface area contributed by atoms with Gasteiger partial charge in [0.1, 0.15) is 5.82 Å². The second-order valence-electron chi connectivity index (χ2n) is 6.08. The highest BCUT2D eigenvalue weighted by Crippen LogP contribution is 2.28. The van der Waals surface area contributed by atoms with Gasteiger partial charge in [-0.05, 0) is 47.7 Å². The van der Waals surface area contributed by atoms with Crippen molar-refractivity contribution in [2.24, 2.45) is 0 Å². The fourth-order valence-electron chi connectivity index (χ4n) is 2.66. The maximum absolute atomic E-state index is 13.2. The molecule has 0 aliphatic carbocycles. The smallest absolute Gasteiger partial charge is 0.310 e. The molecule has 1 amide bonds. The van der Waals surface area contributed by atoms with E-state index in [9.17, 15) is 19.3 Å². The Hall–Kier alpha value is -3.26. The number of ether oxygens (including phenoxy) is 1. The van der Waals surface area contributed by atoms with Gasteiger partial charge >= 0.3 is 5.69 Å². The number of amides is 1. The molecule has 0 spiro atoms. The molecule has 2 aromatic carbocycles. The maximum Gasteiger partial charge on any atom is 0.310 e. The lowest BCUT2D eigenvalue weighted by atomic mass is 10.1. The number of nitrogens with zero attached hydrogens (tertiary/aromatic N) is 1. The van der Waals surface area contributed by atoms with Crippen LogP contribution >= 0.6 is 11.3 Å². The molecule has 3 aromatic rings. The number of nitrogens with one attached hydrogen (secondary N) is 1. The van der Waals surface area contributed by atoms with Crippen molar-refractivity contribution in [1.29, 1.82) is 0 Å². The van der Waals surface area contributed by atoms with Crippen molar-refractivity contribution in [2.75, 3.05) is 6.61 Å². The van der Waals surface area contributed by atoms with Crippen LogP contribution in [0.5, 0.6) is 5.75 Å². The fourth-order valence-corrected chi connectivity index (χ4v) is 3.47. The number of carbonyl (C=O) groups excluding carboxylic acids is 1. The Balaban J connectivity index is 1.74. The highest BCUT2D eigenvalue weighted by molar-refractivity contribution is 7.10. The van der Waals surface area contributed by atoms with Crippen LogP contribution in [0.4, 0.5) is 10.1 Å². The Morgan fingerprint density at radius 3 is 2.64 bits per heavy atom. The first kappa shape index (κ1) is 19.5. The number of hydrogen-bond acceptors (Lipinski definition) is 5. The molecule has 0 bridgehead atoms. The summed E-state index contributed by atoms with van der Waals surface area (Å²) in [5, 5.41) is 15.8. The molecule has 8 heteroatoms. The summed E-state index contributed by atoms with van der Waals surface area (Å²) in [6.07, 6.45) is 0. The van der Waals surface area contributed by atoms with E-state index in [0.717, 1.165) is 16.0 Å². The predicted molar refractivity (Wildman–Crippen MR) is 104 cm³/mol. The topological polar surface area (TPSA) is 81.5 Å². The molecule has 6 nitrogen and oxygen atoms in total. The normalized spacial score (nSPS) is 11.6. The molecule has 1 atom stereocenters. The second-order valence-corrected chi connectivity index (χ2v) is 7.06. The first-order chi connectivity index (χ1) is 13.4. The second kappa shape index (κ2) is 8.62. The lowest BCUT2D eigenvalue weighted by Gasteiger charge is -2.18. The van der Waals surface area contributed by atoms with Crippen LogP contribution in [-0.4, -0.2) is 17.4 Å². The van der Waals surface area contributed by atoms with E-state index in [1.807, 2.05) is 17.5 Å². The standard InChI is InChI=1S/C20H17FN2O4S/c1-13-4-9-16(23(25)26)17(11-13)27-12-19(24)22-20(18-3-2-10-28-18)14-5-7-15(21)8-6-14/h2-11,20H,12H2,1H3,(H,22,24)/t20-/m0/s1. The van der Waals surface area contributed by atoms with E-state index in [1.54, 1.807) is 25.1 Å². The number of nitro benzene ring substituents is 1. The van der Waals surface area contributed by atoms with Crippen molar-refractivity contribution in [3.8, 4) is 5.75 Å². The van der Waals surface area contributed by atoms with Gasteiger partial charge in [0.2, 0.25) is 0 Å². The third kappa shape index (κ3) is 4.72. The zero-order chi connectivity index (χ0) is 20.1. The van der Waals surface area contributed by atoms with Crippen LogP contribution in [0, 0.1) is 22.9 Å². The van der Waals surface area contributed by atoms with Crippen LogP contribution in [0.15, 0.2) is 60.0 Å². The van der Waals surface area contributed by atoms with Gasteiger partial charge < -0.3 is 10.1 Å². The third-order valence-corrected chi connectivity index (χ3v) is 4.94. The van der Waals surface area contributed by atoms with Crippen LogP contribution < -0.4 is 10.1 Å². The number of hydrogen-bond donors (Lipinski definition) is 1. The Kier molecular flexibility index (Phi) is 6.00. The van der Waals surface area contributed by atoms with Crippen molar-refractivity contribution in [3.63, 3.8) is 0 Å². The average Bonchev–Trinajstić information content (AvgIpc) is 3.19. The number of thiophene rings is 1. The number of nitro groups is 1. The zero-order valence-electron chi connectivity index (χ0n) is 14.9. The van der Waals surface area contributed by atoms with Crippen molar-refractivity contribution in [2.45, 2.75) is 13.0 Å². The third-order valence-electron chi connectivity index (χ3n) is 4.01. The molecule has 0 aliphatic rings. The van der Waals surface area contributed by atoms with Crippen molar-refractivity contribution < 1.29 is 18.8 Å². The van der Waals surface area contributed by atoms with Crippen molar-refractivity contribution in [1.82, 2.24) is 5.32 Å². The summed E-state index contributed by atoms with van der Waals surface area (Å²) in [6.45, 7) is 1.39. The van der Waals surface area contributed by atoms with Gasteiger partial charge in [-0.25, -0.2) is 4.39 Å². The monoisotopic (exact) mass is 400 g/mol. The predicted octanol–water partition coefficient (Wildman–Crippen LogP) is 4.39. The Morgan fingerprint density at radius 2 is 2.00 bits per heavy atom. The van der Waals surface area contributed by atoms with Crippen LogP contribution in [0.3, 0.4) is 0 Å². The van der Waals surface area contributed by atoms with Gasteiger partial charge in [-0.1, -0.05) is 24.3 Å². The van der Waals surface area contributed by atoms with Gasteiger partial charge in [-0.3, -0.25) is 14.9 Å². The molecule has 0 unspecified atom stereocenters. The SMILES string of the molecule is Cc1ccc([N+](=O)[O-])c(OCC(=O)N[C@@H](c2ccc(F)cc2)c2cccs2)c1. The highest BCUT2D eigenvalue weighted by atomic mass is 32.1. The minimum atomic E-state index is -0.556. The van der Waals surface area contributed by atoms with Gasteiger partial charge in [0.25, 0.3) is 5.91 Å². The van der Waals surface area contributed by atoms with E-state index >= 15 is 0 Å². The van der Waals surface area contributed by atoms with Gasteiger partial charge in [0.15, 0.2) is 12.4 Å². The van der Waals surface area contributed by atoms with Crippen LogP contribution in [0.25, 0.3) is 0 Å². The molecule has 1 N–H and O–H groups in total. The summed E-state index contributed by atoms with van der Waals surface area (Å²) >= 11 is 1.46. The van der Waals surface area contributed by atoms with E-state index in [-0.39, 0.29) is 23.9 Å². The zero-order valence-corrected chi connectivity index (χ0v) is 15.7. The van der Waals surface area contributed by atoms with Gasteiger partial charge in [0.05, 0.1) is 11.0 Å². The summed E-state index contributed by atoms with van der Waals surface area (Å²) in [7, 11) is 0. The molecular weight excluding hydrogens is 383 g/mol. The number of carbonyl (C=O) groups is 1. The van der Waals surface area contributed by atoms with Crippen LogP contribution in [-0.2, 0) is 4.79 Å². The Morgan fingerprint density at radius 1 is 1.25 bits per heavy atom. The maximum atomic E-state index is 13.2. The fraction of sp³-hybridized carbons (Fsp3) is 0.150. The molecule has 0 fully saturated rings. The first-order valence-electron chi connectivity index (χ1n) is 8.40. The van der Waals surface area contributed by atoms with Crippen LogP contribution in [0.2, 0.25) is 0 Å². The average molecular weight is 400 g/mol. The van der Waals surface area contributed by atoms with Crippen molar-refractivity contribution >= 4 is 22.9 Å². The Bertz CT molecular complexity index is 974. The summed E-state index contributed by atoms with van der Waals surface area (Å²) < 4.78 is 18.6. The molecule has 3 rings (SSSR count). The lowest BCUT2D eigenvalue weighted by Crippen LogP contribution is -2.33. The molecular formula is C20H17FN2O4S. The molecule has 0 radical (unpaired) electrons. The molecule has 0 saturated carbocycles. The molecule has 144 valence electrons. The summed E-state index contributed by atoms with van der Waals surface area (Å²) in [5.74, 6) is -0.775. The number of benzene rings is 2. The van der Waals surface area contributed by atoms with Gasteiger partial charge in [0, 0.05) is 10.9 Å². The van der Waals surface area contributed by atoms with E-state index in [4.69, 9.17) is 4.74 Å². The molecule has 1 heterocycles. The lowest BCUT2D eigenvalue weighted by molar-refractivity contribution is -0.385.